The Kier molecular flexibility index (Phi) is 9.43. The molecule has 0 bridgehead atoms. The minimum Gasteiger partial charge on any atom is -0.505 e. The molecule has 0 radical (unpaired) electrons. The topological polar surface area (TPSA) is 134 Å². The van der Waals surface area contributed by atoms with Gasteiger partial charge in [0.05, 0.1) is 0 Å². The van der Waals surface area contributed by atoms with E-state index < -0.39 is 42.0 Å². The van der Waals surface area contributed by atoms with Gasteiger partial charge in [0.1, 0.15) is 6.61 Å². The summed E-state index contributed by atoms with van der Waals surface area (Å²) in [5, 5.41) is 38.3. The molecule has 0 aromatic rings. The van der Waals surface area contributed by atoms with Crippen LogP contribution in [0.5, 0.6) is 0 Å². The van der Waals surface area contributed by atoms with E-state index in [1.807, 2.05) is 0 Å². The van der Waals surface area contributed by atoms with Crippen molar-refractivity contribution in [1.82, 2.24) is 0 Å². The fourth-order valence-corrected chi connectivity index (χ4v) is 2.75. The Morgan fingerprint density at radius 1 is 1.08 bits per heavy atom. The zero-order chi connectivity index (χ0) is 19.6. The fraction of sp³-hybridized carbons (Fsp3) is 0.778. The van der Waals surface area contributed by atoms with Crippen molar-refractivity contribution in [2.45, 2.75) is 83.0 Å². The molecular formula is C18H30O8. The zero-order valence-electron chi connectivity index (χ0n) is 15.3. The Morgan fingerprint density at radius 3 is 2.08 bits per heavy atom. The molecule has 0 saturated heterocycles. The van der Waals surface area contributed by atoms with Crippen molar-refractivity contribution >= 4 is 11.9 Å². The van der Waals surface area contributed by atoms with E-state index in [0.29, 0.717) is 6.42 Å². The van der Waals surface area contributed by atoms with Gasteiger partial charge in [0.25, 0.3) is 5.79 Å². The number of carbonyl (C=O) groups is 2. The number of unbranched alkanes of at least 4 members (excludes halogenated alkanes) is 8. The number of carbonyl (C=O) groups excluding carboxylic acids is 2. The number of hydrogen-bond donors (Lipinski definition) is 4. The molecule has 8 heteroatoms. The first-order chi connectivity index (χ1) is 12.4. The van der Waals surface area contributed by atoms with Crippen LogP contribution in [0.3, 0.4) is 0 Å². The van der Waals surface area contributed by atoms with Crippen LogP contribution in [0.2, 0.25) is 0 Å². The highest BCUT2D eigenvalue weighted by atomic mass is 16.7. The lowest BCUT2D eigenvalue weighted by atomic mass is 10.1. The Balaban J connectivity index is 2.29. The second kappa shape index (κ2) is 11.0. The summed E-state index contributed by atoms with van der Waals surface area (Å²) >= 11 is 0. The lowest BCUT2D eigenvalue weighted by Gasteiger charge is -2.29. The summed E-state index contributed by atoms with van der Waals surface area (Å²) in [5.74, 6) is -6.77. The number of rotatable bonds is 13. The van der Waals surface area contributed by atoms with Crippen molar-refractivity contribution in [2.75, 3.05) is 6.61 Å². The molecule has 1 rings (SSSR count). The Labute approximate surface area is 153 Å². The number of hydrogen-bond acceptors (Lipinski definition) is 8. The molecule has 1 aliphatic rings. The third kappa shape index (κ3) is 6.49. The van der Waals surface area contributed by atoms with Crippen molar-refractivity contribution in [3.8, 4) is 0 Å². The van der Waals surface area contributed by atoms with Crippen LogP contribution in [-0.2, 0) is 19.1 Å². The minimum absolute atomic E-state index is 0.0231. The first kappa shape index (κ1) is 22.2. The molecule has 0 saturated carbocycles. The number of aliphatic hydroxyl groups excluding tert-OH is 3. The van der Waals surface area contributed by atoms with E-state index in [9.17, 15) is 30.0 Å². The number of esters is 2. The third-order valence-electron chi connectivity index (χ3n) is 4.32. The largest absolute Gasteiger partial charge is 0.505 e. The molecule has 150 valence electrons. The quantitative estimate of drug-likeness (QED) is 0.219. The van der Waals surface area contributed by atoms with E-state index in [1.165, 1.54) is 32.1 Å². The van der Waals surface area contributed by atoms with Crippen molar-refractivity contribution in [2.24, 2.45) is 0 Å². The van der Waals surface area contributed by atoms with Crippen molar-refractivity contribution in [3.05, 3.63) is 11.5 Å². The molecular weight excluding hydrogens is 344 g/mol. The van der Waals surface area contributed by atoms with E-state index in [1.54, 1.807) is 0 Å². The third-order valence-corrected chi connectivity index (χ3v) is 4.32. The molecule has 0 spiro atoms. The van der Waals surface area contributed by atoms with Gasteiger partial charge in [-0.1, -0.05) is 58.3 Å². The summed E-state index contributed by atoms with van der Waals surface area (Å²) in [4.78, 5) is 23.0. The van der Waals surface area contributed by atoms with Crippen LogP contribution in [0.4, 0.5) is 0 Å². The Bertz CT molecular complexity index is 501. The molecule has 2 atom stereocenters. The Hall–Kier alpha value is -1.80. The van der Waals surface area contributed by atoms with Crippen molar-refractivity contribution < 1.29 is 39.5 Å². The van der Waals surface area contributed by atoms with Crippen LogP contribution in [0, 0.1) is 0 Å². The first-order valence-corrected chi connectivity index (χ1v) is 9.23. The molecule has 0 aromatic carbocycles. The van der Waals surface area contributed by atoms with Crippen molar-refractivity contribution in [3.63, 3.8) is 0 Å². The van der Waals surface area contributed by atoms with E-state index >= 15 is 0 Å². The van der Waals surface area contributed by atoms with Gasteiger partial charge >= 0.3 is 11.9 Å². The summed E-state index contributed by atoms with van der Waals surface area (Å²) < 4.78 is 9.33. The maximum atomic E-state index is 11.9. The van der Waals surface area contributed by atoms with Gasteiger partial charge < -0.3 is 29.9 Å². The minimum atomic E-state index is -2.64. The second-order valence-corrected chi connectivity index (χ2v) is 6.57. The number of cyclic esters (lactones) is 1. The highest BCUT2D eigenvalue weighted by Crippen LogP contribution is 2.29. The molecule has 8 nitrogen and oxygen atoms in total. The zero-order valence-corrected chi connectivity index (χ0v) is 15.3. The van der Waals surface area contributed by atoms with E-state index in [0.717, 1.165) is 19.3 Å². The van der Waals surface area contributed by atoms with Crippen LogP contribution >= 0.6 is 0 Å². The molecule has 1 heterocycles. The summed E-state index contributed by atoms with van der Waals surface area (Å²) in [6.07, 6.45) is 7.81. The van der Waals surface area contributed by atoms with Gasteiger partial charge in [-0.2, -0.15) is 0 Å². The van der Waals surface area contributed by atoms with Gasteiger partial charge in [-0.25, -0.2) is 4.79 Å². The van der Waals surface area contributed by atoms with E-state index in [2.05, 4.69) is 11.7 Å². The van der Waals surface area contributed by atoms with Crippen LogP contribution in [0.25, 0.3) is 0 Å². The smallest absolute Gasteiger partial charge is 0.378 e. The van der Waals surface area contributed by atoms with Gasteiger partial charge in [0, 0.05) is 6.42 Å². The second-order valence-electron chi connectivity index (χ2n) is 6.57. The van der Waals surface area contributed by atoms with Crippen molar-refractivity contribution in [1.29, 1.82) is 0 Å². The van der Waals surface area contributed by atoms with E-state index in [4.69, 9.17) is 4.74 Å². The van der Waals surface area contributed by atoms with Gasteiger partial charge in [0.15, 0.2) is 5.76 Å². The van der Waals surface area contributed by atoms with Gasteiger partial charge in [0.2, 0.25) is 11.9 Å². The molecule has 26 heavy (non-hydrogen) atoms. The summed E-state index contributed by atoms with van der Waals surface area (Å²) in [6, 6.07) is 0. The molecule has 0 aromatic heterocycles. The lowest BCUT2D eigenvalue weighted by molar-refractivity contribution is -0.259. The number of aliphatic hydroxyl groups is 4. The van der Waals surface area contributed by atoms with Gasteiger partial charge in [-0.15, -0.1) is 0 Å². The highest BCUT2D eigenvalue weighted by Gasteiger charge is 2.51. The summed E-state index contributed by atoms with van der Waals surface area (Å²) in [6.45, 7) is 1.07. The lowest BCUT2D eigenvalue weighted by Crippen LogP contribution is -2.50. The van der Waals surface area contributed by atoms with Gasteiger partial charge in [-0.3, -0.25) is 4.79 Å². The van der Waals surface area contributed by atoms with Crippen LogP contribution < -0.4 is 0 Å². The average molecular weight is 374 g/mol. The van der Waals surface area contributed by atoms with E-state index in [-0.39, 0.29) is 6.42 Å². The van der Waals surface area contributed by atoms with Gasteiger partial charge in [-0.05, 0) is 6.42 Å². The van der Waals surface area contributed by atoms with Crippen LogP contribution in [0.1, 0.15) is 71.1 Å². The number of ether oxygens (including phenoxy) is 2. The first-order valence-electron chi connectivity index (χ1n) is 9.23. The predicted molar refractivity (Wildman–Crippen MR) is 92.1 cm³/mol. The summed E-state index contributed by atoms with van der Waals surface area (Å²) in [5.41, 5.74) is 0. The SMILES string of the molecule is CCCCCCCCCCCC(=O)O[C@](O)(CO)[C@H]1OC(=O)C(O)=C1O. The van der Waals surface area contributed by atoms with Crippen LogP contribution in [0.15, 0.2) is 11.5 Å². The van der Waals surface area contributed by atoms with Crippen LogP contribution in [-0.4, -0.2) is 50.9 Å². The molecule has 4 N–H and O–H groups in total. The predicted octanol–water partition coefficient (Wildman–Crippen LogP) is 2.38. The fourth-order valence-electron chi connectivity index (χ4n) is 2.75. The average Bonchev–Trinajstić information content (AvgIpc) is 2.88. The summed E-state index contributed by atoms with van der Waals surface area (Å²) in [7, 11) is 0. The molecule has 0 fully saturated rings. The molecule has 0 aliphatic carbocycles. The molecule has 0 amide bonds. The molecule has 0 unspecified atom stereocenters. The maximum Gasteiger partial charge on any atom is 0.378 e. The molecule has 1 aliphatic heterocycles. The standard InChI is InChI=1S/C18H30O8/c1-2-3-4-5-6-7-8-9-10-11-13(20)26-18(24,12-19)16-14(21)15(22)17(23)25-16/h16,19,21-22,24H,2-12H2,1H3/t16-,18+/m0/s1. The highest BCUT2D eigenvalue weighted by molar-refractivity contribution is 5.89. The Morgan fingerprint density at radius 2 is 1.62 bits per heavy atom. The monoisotopic (exact) mass is 374 g/mol. The normalized spacial score (nSPS) is 19.3. The maximum absolute atomic E-state index is 11.9.